The molecule has 0 aliphatic rings. The van der Waals surface area contributed by atoms with Crippen LogP contribution in [0.5, 0.6) is 0 Å². The molecule has 0 unspecified atom stereocenters. The molecule has 22 heavy (non-hydrogen) atoms. The summed E-state index contributed by atoms with van der Waals surface area (Å²) in [6, 6.07) is 11.9. The first-order valence-corrected chi connectivity index (χ1v) is 7.86. The van der Waals surface area contributed by atoms with Crippen LogP contribution in [-0.4, -0.2) is 15.9 Å². The van der Waals surface area contributed by atoms with E-state index < -0.39 is 0 Å². The van der Waals surface area contributed by atoms with Crippen LogP contribution in [-0.2, 0) is 6.54 Å². The Hall–Kier alpha value is -2.66. The number of carbonyl (C=O) groups excluding carboxylic acids is 1. The van der Waals surface area contributed by atoms with E-state index in [0.29, 0.717) is 6.54 Å². The highest BCUT2D eigenvalue weighted by Crippen LogP contribution is 2.25. The summed E-state index contributed by atoms with van der Waals surface area (Å²) in [7, 11) is 0. The van der Waals surface area contributed by atoms with Gasteiger partial charge in [0.2, 0.25) is 0 Å². The lowest BCUT2D eigenvalue weighted by atomic mass is 10.1. The van der Waals surface area contributed by atoms with E-state index >= 15 is 0 Å². The number of carbonyl (C=O) groups is 1. The average molecular weight is 307 g/mol. The van der Waals surface area contributed by atoms with Gasteiger partial charge in [0.1, 0.15) is 5.65 Å². The predicted octanol–water partition coefficient (Wildman–Crippen LogP) is 3.71. The zero-order chi connectivity index (χ0) is 14.9. The largest absolute Gasteiger partial charge is 0.348 e. The van der Waals surface area contributed by atoms with E-state index in [9.17, 15) is 4.79 Å². The number of nitrogens with one attached hydrogen (secondary N) is 2. The van der Waals surface area contributed by atoms with Crippen LogP contribution in [0.2, 0.25) is 0 Å². The molecule has 0 aliphatic carbocycles. The Morgan fingerprint density at radius 3 is 3.00 bits per heavy atom. The highest BCUT2D eigenvalue weighted by Gasteiger charge is 2.12. The normalized spacial score (nSPS) is 11.1. The van der Waals surface area contributed by atoms with Crippen molar-refractivity contribution < 1.29 is 4.79 Å². The van der Waals surface area contributed by atoms with E-state index in [4.69, 9.17) is 0 Å². The van der Waals surface area contributed by atoms with Gasteiger partial charge < -0.3 is 10.3 Å². The first kappa shape index (κ1) is 13.0. The van der Waals surface area contributed by atoms with Gasteiger partial charge in [0.15, 0.2) is 0 Å². The van der Waals surface area contributed by atoms with Crippen molar-refractivity contribution in [3.63, 3.8) is 0 Å². The van der Waals surface area contributed by atoms with E-state index in [1.807, 2.05) is 48.0 Å². The van der Waals surface area contributed by atoms with Crippen LogP contribution < -0.4 is 5.32 Å². The fourth-order valence-corrected chi connectivity index (χ4v) is 3.52. The van der Waals surface area contributed by atoms with Gasteiger partial charge in [-0.3, -0.25) is 4.79 Å². The molecule has 0 saturated carbocycles. The van der Waals surface area contributed by atoms with Gasteiger partial charge in [-0.25, -0.2) is 4.98 Å². The van der Waals surface area contributed by atoms with Crippen LogP contribution in [0.1, 0.15) is 15.9 Å². The van der Waals surface area contributed by atoms with Crippen LogP contribution in [0.3, 0.4) is 0 Å². The fraction of sp³-hybridized carbons (Fsp3) is 0.0588. The summed E-state index contributed by atoms with van der Waals surface area (Å²) in [6.45, 7) is 0.481. The molecule has 4 aromatic rings. The summed E-state index contributed by atoms with van der Waals surface area (Å²) in [4.78, 5) is 19.8. The molecule has 0 saturated heterocycles. The lowest BCUT2D eigenvalue weighted by Crippen LogP contribution is -2.22. The Morgan fingerprint density at radius 1 is 1.18 bits per heavy atom. The van der Waals surface area contributed by atoms with Crippen LogP contribution in [0, 0.1) is 0 Å². The second-order valence-electron chi connectivity index (χ2n) is 5.04. The third-order valence-electron chi connectivity index (χ3n) is 3.70. The molecule has 2 N–H and O–H groups in total. The Kier molecular flexibility index (Phi) is 3.12. The third-order valence-corrected chi connectivity index (χ3v) is 4.67. The number of rotatable bonds is 3. The summed E-state index contributed by atoms with van der Waals surface area (Å²) in [5.74, 6) is -0.0457. The molecule has 0 spiro atoms. The molecular weight excluding hydrogens is 294 g/mol. The maximum atomic E-state index is 12.4. The second-order valence-corrected chi connectivity index (χ2v) is 5.95. The summed E-state index contributed by atoms with van der Waals surface area (Å²) < 4.78 is 1.13. The van der Waals surface area contributed by atoms with Gasteiger partial charge in [0, 0.05) is 39.8 Å². The zero-order valence-corrected chi connectivity index (χ0v) is 12.5. The zero-order valence-electron chi connectivity index (χ0n) is 11.7. The molecule has 0 bridgehead atoms. The quantitative estimate of drug-likeness (QED) is 0.606. The van der Waals surface area contributed by atoms with Gasteiger partial charge in [-0.2, -0.15) is 0 Å². The van der Waals surface area contributed by atoms with Crippen molar-refractivity contribution in [3.05, 3.63) is 65.3 Å². The Bertz CT molecular complexity index is 970. The molecule has 3 aromatic heterocycles. The van der Waals surface area contributed by atoms with Crippen molar-refractivity contribution >= 4 is 38.4 Å². The number of fused-ring (bicyclic) bond motifs is 2. The molecular formula is C17H13N3OS. The van der Waals surface area contributed by atoms with Crippen molar-refractivity contribution in [2.45, 2.75) is 6.54 Å². The molecule has 0 fully saturated rings. The molecule has 108 valence electrons. The van der Waals surface area contributed by atoms with Crippen molar-refractivity contribution in [3.8, 4) is 0 Å². The van der Waals surface area contributed by atoms with E-state index in [-0.39, 0.29) is 5.91 Å². The number of aromatic amines is 1. The smallest absolute Gasteiger partial charge is 0.253 e. The van der Waals surface area contributed by atoms with Gasteiger partial charge in [0.05, 0.1) is 5.56 Å². The van der Waals surface area contributed by atoms with Crippen molar-refractivity contribution in [2.75, 3.05) is 0 Å². The lowest BCUT2D eigenvalue weighted by Gasteiger charge is -2.03. The molecule has 4 nitrogen and oxygen atoms in total. The molecule has 1 aromatic carbocycles. The Morgan fingerprint density at radius 2 is 2.05 bits per heavy atom. The second kappa shape index (κ2) is 5.27. The van der Waals surface area contributed by atoms with Crippen molar-refractivity contribution in [1.82, 2.24) is 15.3 Å². The molecule has 0 atom stereocenters. The van der Waals surface area contributed by atoms with Crippen molar-refractivity contribution in [1.29, 1.82) is 0 Å². The highest BCUT2D eigenvalue weighted by molar-refractivity contribution is 7.17. The number of benzene rings is 1. The van der Waals surface area contributed by atoms with E-state index in [1.165, 1.54) is 0 Å². The van der Waals surface area contributed by atoms with Crippen LogP contribution >= 0.6 is 11.3 Å². The first-order chi connectivity index (χ1) is 10.8. The molecule has 5 heteroatoms. The van der Waals surface area contributed by atoms with Crippen LogP contribution in [0.15, 0.2) is 54.2 Å². The predicted molar refractivity (Wildman–Crippen MR) is 89.1 cm³/mol. The molecule has 0 radical (unpaired) electrons. The number of amides is 1. The summed E-state index contributed by atoms with van der Waals surface area (Å²) >= 11 is 1.59. The number of nitrogens with zero attached hydrogens (tertiary/aromatic N) is 1. The summed E-state index contributed by atoms with van der Waals surface area (Å²) in [5.41, 5.74) is 2.61. The SMILES string of the molecule is O=C(NCc1c[nH]c2ncccc12)c1csc2ccccc12. The topological polar surface area (TPSA) is 57.8 Å². The highest BCUT2D eigenvalue weighted by atomic mass is 32.1. The lowest BCUT2D eigenvalue weighted by molar-refractivity contribution is 0.0953. The molecule has 0 aliphatic heterocycles. The van der Waals surface area contributed by atoms with Gasteiger partial charge in [-0.1, -0.05) is 18.2 Å². The van der Waals surface area contributed by atoms with E-state index in [0.717, 1.165) is 32.2 Å². The Balaban J connectivity index is 1.57. The molecule has 1 amide bonds. The molecule has 3 heterocycles. The number of hydrogen-bond acceptors (Lipinski definition) is 3. The van der Waals surface area contributed by atoms with Crippen molar-refractivity contribution in [2.24, 2.45) is 0 Å². The van der Waals surface area contributed by atoms with Gasteiger partial charge in [-0.15, -0.1) is 11.3 Å². The third kappa shape index (κ3) is 2.16. The van der Waals surface area contributed by atoms with Crippen LogP contribution in [0.25, 0.3) is 21.1 Å². The Labute approximate surface area is 130 Å². The minimum atomic E-state index is -0.0457. The minimum absolute atomic E-state index is 0.0457. The van der Waals surface area contributed by atoms with Crippen LogP contribution in [0.4, 0.5) is 0 Å². The maximum absolute atomic E-state index is 12.4. The number of thiophene rings is 1. The summed E-state index contributed by atoms with van der Waals surface area (Å²) in [6.07, 6.45) is 3.64. The number of H-pyrrole nitrogens is 1. The first-order valence-electron chi connectivity index (χ1n) is 6.98. The van der Waals surface area contributed by atoms with Gasteiger partial charge >= 0.3 is 0 Å². The number of hydrogen-bond donors (Lipinski definition) is 2. The monoisotopic (exact) mass is 307 g/mol. The average Bonchev–Trinajstić information content (AvgIpc) is 3.17. The number of aromatic nitrogens is 2. The van der Waals surface area contributed by atoms with E-state index in [2.05, 4.69) is 15.3 Å². The maximum Gasteiger partial charge on any atom is 0.253 e. The summed E-state index contributed by atoms with van der Waals surface area (Å²) in [5, 5.41) is 6.95. The standard InChI is InChI=1S/C17H13N3OS/c21-17(14-10-22-15-6-2-1-4-13(14)15)20-9-11-8-19-16-12(11)5-3-7-18-16/h1-8,10H,9H2,(H,18,19)(H,20,21). The fourth-order valence-electron chi connectivity index (χ4n) is 2.58. The van der Waals surface area contributed by atoms with Gasteiger partial charge in [0.25, 0.3) is 5.91 Å². The van der Waals surface area contributed by atoms with E-state index in [1.54, 1.807) is 17.5 Å². The number of pyridine rings is 1. The minimum Gasteiger partial charge on any atom is -0.348 e. The molecule has 4 rings (SSSR count). The van der Waals surface area contributed by atoms with Gasteiger partial charge in [-0.05, 0) is 23.8 Å².